The third-order valence-electron chi connectivity index (χ3n) is 4.19. The second kappa shape index (κ2) is 8.78. The fourth-order valence-electron chi connectivity index (χ4n) is 2.91. The maximum absolute atomic E-state index is 12.1. The van der Waals surface area contributed by atoms with Crippen LogP contribution in [0.3, 0.4) is 0 Å². The fourth-order valence-corrected chi connectivity index (χ4v) is 5.24. The molecule has 3 rings (SSSR count). The van der Waals surface area contributed by atoms with Crippen molar-refractivity contribution in [3.63, 3.8) is 0 Å². The zero-order valence-electron chi connectivity index (χ0n) is 14.5. The average Bonchev–Trinajstić information content (AvgIpc) is 3.09. The molecule has 0 amide bonds. The highest BCUT2D eigenvalue weighted by Gasteiger charge is 2.18. The van der Waals surface area contributed by atoms with Gasteiger partial charge in [-0.25, -0.2) is 0 Å². The summed E-state index contributed by atoms with van der Waals surface area (Å²) in [5.74, 6) is -0.346. The second-order valence-corrected chi connectivity index (χ2v) is 8.48. The first-order chi connectivity index (χ1) is 12.2. The van der Waals surface area contributed by atoms with Crippen LogP contribution >= 0.6 is 7.92 Å². The number of carbonyl (C=O) groups excluding carboxylic acids is 1. The highest BCUT2D eigenvalue weighted by Crippen LogP contribution is 2.34. The summed E-state index contributed by atoms with van der Waals surface area (Å²) < 4.78 is 5.47. The predicted molar refractivity (Wildman–Crippen MR) is 106 cm³/mol. The van der Waals surface area contributed by atoms with Gasteiger partial charge in [-0.1, -0.05) is 84.5 Å². The van der Waals surface area contributed by atoms with E-state index >= 15 is 0 Å². The minimum Gasteiger partial charge on any atom is -0.465 e. The van der Waals surface area contributed by atoms with Crippen LogP contribution in [0.25, 0.3) is 0 Å². The van der Waals surface area contributed by atoms with Gasteiger partial charge in [-0.2, -0.15) is 0 Å². The first-order valence-electron chi connectivity index (χ1n) is 8.65. The van der Waals surface area contributed by atoms with E-state index in [-0.39, 0.29) is 11.9 Å². The monoisotopic (exact) mass is 350 g/mol. The Kier molecular flexibility index (Phi) is 6.19. The summed E-state index contributed by atoms with van der Waals surface area (Å²) in [5, 5.41) is 2.74. The molecule has 1 aliphatic rings. The molecule has 0 aliphatic heterocycles. The van der Waals surface area contributed by atoms with E-state index in [1.54, 1.807) is 0 Å². The van der Waals surface area contributed by atoms with Crippen molar-refractivity contribution < 1.29 is 9.53 Å². The van der Waals surface area contributed by atoms with E-state index in [0.717, 1.165) is 18.2 Å². The van der Waals surface area contributed by atoms with Crippen molar-refractivity contribution in [2.45, 2.75) is 13.3 Å². The van der Waals surface area contributed by atoms with Crippen molar-refractivity contribution in [2.75, 3.05) is 12.8 Å². The van der Waals surface area contributed by atoms with Gasteiger partial charge in [0, 0.05) is 0 Å². The molecule has 0 radical (unpaired) electrons. The van der Waals surface area contributed by atoms with E-state index in [1.807, 2.05) is 25.2 Å². The molecule has 2 nitrogen and oxygen atoms in total. The summed E-state index contributed by atoms with van der Waals surface area (Å²) in [6.45, 7) is 2.48. The van der Waals surface area contributed by atoms with E-state index < -0.39 is 7.92 Å². The average molecular weight is 350 g/mol. The zero-order chi connectivity index (χ0) is 17.5. The van der Waals surface area contributed by atoms with Gasteiger partial charge in [0.05, 0.1) is 12.5 Å². The lowest BCUT2D eigenvalue weighted by Crippen LogP contribution is -2.17. The standard InChI is InChI=1S/C22H23O2P/c1-18-13-14-19(17-18)22(23)24-15-8-16-25(20-9-4-2-5-10-20)21-11-6-3-7-12-21/h2-7,9-14,17,19H,8,15-16H2,1H3. The van der Waals surface area contributed by atoms with Crippen LogP contribution < -0.4 is 10.6 Å². The SMILES string of the molecule is CC1=CC(C(=O)OCCCP(c2ccccc2)c2ccccc2)C=C1. The van der Waals surface area contributed by atoms with Crippen LogP contribution in [0.5, 0.6) is 0 Å². The van der Waals surface area contributed by atoms with Crippen molar-refractivity contribution in [3.05, 3.63) is 84.5 Å². The maximum Gasteiger partial charge on any atom is 0.316 e. The number of carbonyl (C=O) groups is 1. The van der Waals surface area contributed by atoms with Gasteiger partial charge in [0.15, 0.2) is 0 Å². The van der Waals surface area contributed by atoms with E-state index in [4.69, 9.17) is 4.74 Å². The first kappa shape index (κ1) is 17.6. The summed E-state index contributed by atoms with van der Waals surface area (Å²) >= 11 is 0. The van der Waals surface area contributed by atoms with Crippen molar-refractivity contribution in [1.82, 2.24) is 0 Å². The molecule has 0 aromatic heterocycles. The minimum absolute atomic E-state index is 0.142. The van der Waals surface area contributed by atoms with Crippen LogP contribution in [-0.4, -0.2) is 18.7 Å². The summed E-state index contributed by atoms with van der Waals surface area (Å²) in [6, 6.07) is 21.3. The largest absolute Gasteiger partial charge is 0.465 e. The minimum atomic E-state index is -0.416. The van der Waals surface area contributed by atoms with Crippen molar-refractivity contribution in [3.8, 4) is 0 Å². The Bertz CT molecular complexity index is 711. The molecule has 25 heavy (non-hydrogen) atoms. The molecule has 0 saturated carbocycles. The summed E-state index contributed by atoms with van der Waals surface area (Å²) in [7, 11) is -0.416. The Morgan fingerprint density at radius 1 is 1.00 bits per heavy atom. The van der Waals surface area contributed by atoms with Gasteiger partial charge in [-0.15, -0.1) is 0 Å². The van der Waals surface area contributed by atoms with Crippen LogP contribution in [-0.2, 0) is 9.53 Å². The van der Waals surface area contributed by atoms with E-state index in [1.165, 1.54) is 10.6 Å². The van der Waals surface area contributed by atoms with Gasteiger partial charge in [0.1, 0.15) is 0 Å². The molecule has 2 aromatic rings. The van der Waals surface area contributed by atoms with Crippen LogP contribution in [0.1, 0.15) is 13.3 Å². The number of esters is 1. The number of hydrogen-bond acceptors (Lipinski definition) is 2. The second-order valence-electron chi connectivity index (χ2n) is 6.14. The normalized spacial score (nSPS) is 16.1. The van der Waals surface area contributed by atoms with Crippen molar-refractivity contribution >= 4 is 24.5 Å². The molecule has 3 heteroatoms. The molecule has 1 unspecified atom stereocenters. The van der Waals surface area contributed by atoms with Crippen LogP contribution in [0.4, 0.5) is 0 Å². The van der Waals surface area contributed by atoms with Crippen LogP contribution in [0.15, 0.2) is 84.5 Å². The predicted octanol–water partition coefficient (Wildman–Crippen LogP) is 4.18. The molecule has 0 heterocycles. The summed E-state index contributed by atoms with van der Waals surface area (Å²) in [6.07, 6.45) is 7.71. The Hall–Kier alpha value is -2.18. The molecule has 0 fully saturated rings. The molecule has 0 saturated heterocycles. The number of allylic oxidation sites excluding steroid dienone is 2. The van der Waals surface area contributed by atoms with E-state index in [2.05, 4.69) is 60.7 Å². The van der Waals surface area contributed by atoms with Gasteiger partial charge < -0.3 is 4.74 Å². The number of hydrogen-bond donors (Lipinski definition) is 0. The smallest absolute Gasteiger partial charge is 0.316 e. The molecule has 0 bridgehead atoms. The highest BCUT2D eigenvalue weighted by molar-refractivity contribution is 7.73. The Morgan fingerprint density at radius 2 is 1.60 bits per heavy atom. The topological polar surface area (TPSA) is 26.3 Å². The maximum atomic E-state index is 12.1. The lowest BCUT2D eigenvalue weighted by atomic mass is 10.2. The lowest BCUT2D eigenvalue weighted by molar-refractivity contribution is -0.145. The Morgan fingerprint density at radius 3 is 2.12 bits per heavy atom. The van der Waals surface area contributed by atoms with E-state index in [0.29, 0.717) is 6.61 Å². The molecule has 1 atom stereocenters. The summed E-state index contributed by atoms with van der Waals surface area (Å²) in [4.78, 5) is 12.1. The van der Waals surface area contributed by atoms with Crippen LogP contribution in [0.2, 0.25) is 0 Å². The van der Waals surface area contributed by atoms with Gasteiger partial charge in [0.2, 0.25) is 0 Å². The van der Waals surface area contributed by atoms with Crippen molar-refractivity contribution in [1.29, 1.82) is 0 Å². The number of ether oxygens (including phenoxy) is 1. The first-order valence-corrected chi connectivity index (χ1v) is 10.2. The molecular formula is C22H23O2P. The molecular weight excluding hydrogens is 327 g/mol. The van der Waals surface area contributed by atoms with Gasteiger partial charge in [0.25, 0.3) is 0 Å². The van der Waals surface area contributed by atoms with Gasteiger partial charge in [-0.3, -0.25) is 4.79 Å². The molecule has 2 aromatic carbocycles. The van der Waals surface area contributed by atoms with E-state index in [9.17, 15) is 4.79 Å². The molecule has 0 spiro atoms. The zero-order valence-corrected chi connectivity index (χ0v) is 15.4. The van der Waals surface area contributed by atoms with Crippen molar-refractivity contribution in [2.24, 2.45) is 5.92 Å². The molecule has 1 aliphatic carbocycles. The Labute approximate surface area is 151 Å². The summed E-state index contributed by atoms with van der Waals surface area (Å²) in [5.41, 5.74) is 1.12. The fraction of sp³-hybridized carbons (Fsp3) is 0.227. The highest BCUT2D eigenvalue weighted by atomic mass is 31.1. The molecule has 0 N–H and O–H groups in total. The van der Waals surface area contributed by atoms with Gasteiger partial charge >= 0.3 is 5.97 Å². The quantitative estimate of drug-likeness (QED) is 0.425. The van der Waals surface area contributed by atoms with Gasteiger partial charge in [-0.05, 0) is 38.0 Å². The number of benzene rings is 2. The van der Waals surface area contributed by atoms with Crippen LogP contribution in [0, 0.1) is 5.92 Å². The Balaban J connectivity index is 1.57. The number of rotatable bonds is 7. The molecule has 128 valence electrons. The third-order valence-corrected chi connectivity index (χ3v) is 6.79. The lowest BCUT2D eigenvalue weighted by Gasteiger charge is -2.18. The third kappa shape index (κ3) is 4.90.